The topological polar surface area (TPSA) is 228 Å². The van der Waals surface area contributed by atoms with Gasteiger partial charge in [-0.15, -0.1) is 0 Å². The maximum atomic E-state index is 13.2. The number of aliphatic hydroxyl groups excluding tert-OH is 8. The summed E-state index contributed by atoms with van der Waals surface area (Å²) in [5.41, 5.74) is 0. The zero-order chi connectivity index (χ0) is 57.4. The summed E-state index contributed by atoms with van der Waals surface area (Å²) in [4.78, 5) is 13.2. The lowest BCUT2D eigenvalue weighted by Crippen LogP contribution is -2.65. The summed E-state index contributed by atoms with van der Waals surface area (Å²) in [5.74, 6) is -0.211. The van der Waals surface area contributed by atoms with Gasteiger partial charge in [0.05, 0.1) is 32.0 Å². The van der Waals surface area contributed by atoms with Crippen LogP contribution in [0.2, 0.25) is 0 Å². The molecule has 79 heavy (non-hydrogen) atoms. The number of rotatable bonds is 50. The van der Waals surface area contributed by atoms with Crippen molar-refractivity contribution in [1.29, 1.82) is 0 Å². The van der Waals surface area contributed by atoms with E-state index in [-0.39, 0.29) is 12.5 Å². The van der Waals surface area contributed by atoms with E-state index in [2.05, 4.69) is 92.1 Å². The van der Waals surface area contributed by atoms with Crippen LogP contribution in [0.15, 0.2) is 72.9 Å². The lowest BCUT2D eigenvalue weighted by atomic mass is 9.97. The summed E-state index contributed by atoms with van der Waals surface area (Å²) in [6.07, 6.45) is 49.9. The molecule has 14 nitrogen and oxygen atoms in total. The minimum atomic E-state index is -1.78. The Morgan fingerprint density at radius 1 is 0.468 bits per heavy atom. The van der Waals surface area contributed by atoms with Crippen LogP contribution in [0, 0.1) is 0 Å². The van der Waals surface area contributed by atoms with Gasteiger partial charge in [0.2, 0.25) is 5.91 Å². The van der Waals surface area contributed by atoms with Gasteiger partial charge < -0.3 is 65.1 Å². The number of hydrogen-bond donors (Lipinski definition) is 9. The van der Waals surface area contributed by atoms with Crippen LogP contribution < -0.4 is 5.32 Å². The first-order chi connectivity index (χ1) is 38.6. The number of carbonyl (C=O) groups excluding carboxylic acids is 1. The Hall–Kier alpha value is -2.57. The number of ether oxygens (including phenoxy) is 4. The second kappa shape index (κ2) is 50.0. The van der Waals surface area contributed by atoms with Crippen LogP contribution >= 0.6 is 0 Å². The monoisotopic (exact) mass is 1120 g/mol. The summed E-state index contributed by atoms with van der Waals surface area (Å²) >= 11 is 0. The third kappa shape index (κ3) is 35.2. The SMILES string of the molecule is CC/C=C\C/C=C\C/C=C\C/C=C\C/C=C\C/C=C\CCCCCCCCCCCCCCCCCCCCCCC(=O)NC(COC1OC(CO)C(OC2OC(CO)C(O)C(O)C2O)C(O)C1O)C(O)CCCCCCCC. The molecule has 9 N–H and O–H groups in total. The van der Waals surface area contributed by atoms with Crippen LogP contribution in [0.5, 0.6) is 0 Å². The van der Waals surface area contributed by atoms with Crippen LogP contribution in [0.4, 0.5) is 0 Å². The normalized spacial score (nSPS) is 24.9. The quantitative estimate of drug-likeness (QED) is 0.0204. The van der Waals surface area contributed by atoms with Crippen LogP contribution in [0.3, 0.4) is 0 Å². The van der Waals surface area contributed by atoms with Crippen molar-refractivity contribution < 1.29 is 64.6 Å². The third-order valence-corrected chi connectivity index (χ3v) is 15.2. The molecule has 0 aromatic carbocycles. The van der Waals surface area contributed by atoms with Crippen LogP contribution in [-0.2, 0) is 23.7 Å². The molecule has 0 aromatic rings. The molecule has 0 aromatic heterocycles. The van der Waals surface area contributed by atoms with Crippen LogP contribution in [0.25, 0.3) is 0 Å². The van der Waals surface area contributed by atoms with E-state index in [1.165, 1.54) is 109 Å². The summed E-state index contributed by atoms with van der Waals surface area (Å²) in [6, 6.07) is -0.826. The van der Waals surface area contributed by atoms with Gasteiger partial charge in [0.15, 0.2) is 12.6 Å². The van der Waals surface area contributed by atoms with Crippen molar-refractivity contribution >= 4 is 5.91 Å². The number of carbonyl (C=O) groups is 1. The van der Waals surface area contributed by atoms with Crippen molar-refractivity contribution in [1.82, 2.24) is 5.32 Å². The molecule has 14 heteroatoms. The van der Waals surface area contributed by atoms with Gasteiger partial charge >= 0.3 is 0 Å². The van der Waals surface area contributed by atoms with Crippen molar-refractivity contribution in [2.45, 2.75) is 312 Å². The molecule has 0 bridgehead atoms. The number of aliphatic hydroxyl groups is 8. The smallest absolute Gasteiger partial charge is 0.220 e. The third-order valence-electron chi connectivity index (χ3n) is 15.2. The van der Waals surface area contributed by atoms with E-state index in [1.807, 2.05) is 0 Å². The highest BCUT2D eigenvalue weighted by atomic mass is 16.7. The van der Waals surface area contributed by atoms with E-state index < -0.39 is 86.8 Å². The molecule has 2 fully saturated rings. The molecular formula is C65H115NO13. The van der Waals surface area contributed by atoms with Crippen molar-refractivity contribution in [3.8, 4) is 0 Å². The lowest BCUT2D eigenvalue weighted by Gasteiger charge is -2.46. The van der Waals surface area contributed by atoms with Gasteiger partial charge in [-0.2, -0.15) is 0 Å². The second-order valence-corrected chi connectivity index (χ2v) is 22.2. The average Bonchev–Trinajstić information content (AvgIpc) is 3.47. The van der Waals surface area contributed by atoms with E-state index in [9.17, 15) is 45.6 Å². The molecule has 2 rings (SSSR count). The molecule has 0 radical (unpaired) electrons. The first kappa shape index (κ1) is 72.5. The Labute approximate surface area is 478 Å². The van der Waals surface area contributed by atoms with Crippen molar-refractivity contribution in [2.75, 3.05) is 19.8 Å². The van der Waals surface area contributed by atoms with Gasteiger partial charge in [-0.05, 0) is 64.2 Å². The van der Waals surface area contributed by atoms with Gasteiger partial charge in [0.25, 0.3) is 0 Å². The molecule has 12 atom stereocenters. The fraction of sp³-hybridized carbons (Fsp3) is 0.800. The van der Waals surface area contributed by atoms with Gasteiger partial charge in [0, 0.05) is 6.42 Å². The molecule has 2 saturated heterocycles. The van der Waals surface area contributed by atoms with Crippen molar-refractivity contribution in [3.05, 3.63) is 72.9 Å². The fourth-order valence-electron chi connectivity index (χ4n) is 10.1. The molecule has 458 valence electrons. The Balaban J connectivity index is 1.49. The highest BCUT2D eigenvalue weighted by Gasteiger charge is 2.51. The van der Waals surface area contributed by atoms with E-state index in [0.717, 1.165) is 103 Å². The molecule has 2 aliphatic heterocycles. The zero-order valence-electron chi connectivity index (χ0n) is 49.3. The van der Waals surface area contributed by atoms with Crippen molar-refractivity contribution in [3.63, 3.8) is 0 Å². The van der Waals surface area contributed by atoms with E-state index in [4.69, 9.17) is 18.9 Å². The molecule has 1 amide bonds. The summed E-state index contributed by atoms with van der Waals surface area (Å²) in [7, 11) is 0. The summed E-state index contributed by atoms with van der Waals surface area (Å²) in [5, 5.41) is 86.7. The number of unbranched alkanes of at least 4 members (excludes halogenated alkanes) is 25. The Morgan fingerprint density at radius 3 is 1.34 bits per heavy atom. The summed E-state index contributed by atoms with van der Waals surface area (Å²) in [6.45, 7) is 2.67. The number of nitrogens with one attached hydrogen (secondary N) is 1. The van der Waals surface area contributed by atoms with Gasteiger partial charge in [0.1, 0.15) is 48.8 Å². The Morgan fingerprint density at radius 2 is 0.873 bits per heavy atom. The molecule has 0 aliphatic carbocycles. The minimum absolute atomic E-state index is 0.211. The zero-order valence-corrected chi connectivity index (χ0v) is 49.3. The number of allylic oxidation sites excluding steroid dienone is 12. The molecular weight excluding hydrogens is 1000 g/mol. The first-order valence-electron chi connectivity index (χ1n) is 31.7. The maximum Gasteiger partial charge on any atom is 0.220 e. The van der Waals surface area contributed by atoms with E-state index >= 15 is 0 Å². The highest BCUT2D eigenvalue weighted by molar-refractivity contribution is 5.76. The predicted molar refractivity (Wildman–Crippen MR) is 318 cm³/mol. The van der Waals surface area contributed by atoms with Gasteiger partial charge in [-0.1, -0.05) is 241 Å². The standard InChI is InChI=1S/C65H115NO13/c1-3-5-7-9-11-12-13-14-15-16-17-18-19-20-21-22-23-24-25-26-27-28-29-30-31-32-33-34-35-36-37-38-39-40-41-42-43-45-47-49-57(70)66-53(54(69)48-46-44-10-8-6-4-2)52-76-64-62(75)60(73)63(56(51-68)78-64)79-65-61(74)59(72)58(71)55(50-67)77-65/h5,7,11-12,14-15,17-18,20-21,23-24,53-56,58-65,67-69,71-75H,3-4,6,8-10,13,16,19,22,25-52H2,1-2H3,(H,66,70)/b7-5-,12-11-,15-14-,18-17-,21-20-,24-23-. The molecule has 12 unspecified atom stereocenters. The summed E-state index contributed by atoms with van der Waals surface area (Å²) < 4.78 is 22.7. The van der Waals surface area contributed by atoms with Crippen molar-refractivity contribution in [2.24, 2.45) is 0 Å². The number of amides is 1. The molecule has 0 spiro atoms. The predicted octanol–water partition coefficient (Wildman–Crippen LogP) is 11.5. The second-order valence-electron chi connectivity index (χ2n) is 22.2. The fourth-order valence-corrected chi connectivity index (χ4v) is 10.1. The number of hydrogen-bond acceptors (Lipinski definition) is 13. The first-order valence-corrected chi connectivity index (χ1v) is 31.7. The van der Waals surface area contributed by atoms with Crippen LogP contribution in [-0.4, -0.2) is 140 Å². The Bertz CT molecular complexity index is 1600. The van der Waals surface area contributed by atoms with Gasteiger partial charge in [-0.3, -0.25) is 4.79 Å². The molecule has 2 aliphatic rings. The largest absolute Gasteiger partial charge is 0.394 e. The Kier molecular flexibility index (Phi) is 45.9. The highest BCUT2D eigenvalue weighted by Crippen LogP contribution is 2.30. The minimum Gasteiger partial charge on any atom is -0.394 e. The van der Waals surface area contributed by atoms with E-state index in [1.54, 1.807) is 0 Å². The molecule has 2 heterocycles. The maximum absolute atomic E-state index is 13.2. The lowest BCUT2D eigenvalue weighted by molar-refractivity contribution is -0.359. The van der Waals surface area contributed by atoms with Gasteiger partial charge in [-0.25, -0.2) is 0 Å². The average molecular weight is 1120 g/mol. The van der Waals surface area contributed by atoms with E-state index in [0.29, 0.717) is 12.8 Å². The van der Waals surface area contributed by atoms with Crippen LogP contribution in [0.1, 0.15) is 239 Å². The molecule has 0 saturated carbocycles.